The number of nitrogens with one attached hydrogen (secondary N) is 2. The van der Waals surface area contributed by atoms with Crippen LogP contribution in [0.15, 0.2) is 0 Å². The van der Waals surface area contributed by atoms with Crippen molar-refractivity contribution in [3.05, 3.63) is 0 Å². The van der Waals surface area contributed by atoms with Gasteiger partial charge in [-0.3, -0.25) is 0 Å². The minimum Gasteiger partial charge on any atom is -0.379 e. The molecule has 3 aliphatic rings. The highest BCUT2D eigenvalue weighted by Crippen LogP contribution is 2.48. The summed E-state index contributed by atoms with van der Waals surface area (Å²) in [6.45, 7) is 2.31. The van der Waals surface area contributed by atoms with Crippen molar-refractivity contribution >= 4 is 6.03 Å². The molecule has 3 rings (SSSR count). The van der Waals surface area contributed by atoms with Gasteiger partial charge >= 0.3 is 6.03 Å². The van der Waals surface area contributed by atoms with E-state index in [2.05, 4.69) is 10.6 Å². The number of ether oxygens (including phenoxy) is 1. The van der Waals surface area contributed by atoms with Gasteiger partial charge in [-0.05, 0) is 49.9 Å². The van der Waals surface area contributed by atoms with E-state index in [1.165, 1.54) is 25.7 Å². The Labute approximate surface area is 102 Å². The van der Waals surface area contributed by atoms with Crippen molar-refractivity contribution in [2.75, 3.05) is 19.8 Å². The van der Waals surface area contributed by atoms with Crippen molar-refractivity contribution in [2.45, 2.75) is 38.1 Å². The number of carbonyl (C=O) groups is 1. The molecule has 1 heterocycles. The summed E-state index contributed by atoms with van der Waals surface area (Å²) in [6, 6.07) is 0.210. The fourth-order valence-electron chi connectivity index (χ4n) is 2.86. The van der Waals surface area contributed by atoms with Crippen LogP contribution in [0.3, 0.4) is 0 Å². The Hall–Kier alpha value is -0.770. The predicted molar refractivity (Wildman–Crippen MR) is 64.7 cm³/mol. The molecule has 1 unspecified atom stereocenters. The summed E-state index contributed by atoms with van der Waals surface area (Å²) < 4.78 is 5.24. The van der Waals surface area contributed by atoms with Gasteiger partial charge in [-0.25, -0.2) is 4.79 Å². The molecule has 4 heteroatoms. The zero-order valence-corrected chi connectivity index (χ0v) is 10.3. The van der Waals surface area contributed by atoms with Gasteiger partial charge in [0, 0.05) is 13.2 Å². The first-order valence-corrected chi connectivity index (χ1v) is 6.95. The van der Waals surface area contributed by atoms with Gasteiger partial charge in [-0.1, -0.05) is 0 Å². The minimum atomic E-state index is -0.00759. The van der Waals surface area contributed by atoms with Gasteiger partial charge in [-0.15, -0.1) is 0 Å². The minimum absolute atomic E-state index is 0.00759. The van der Waals surface area contributed by atoms with Crippen LogP contribution >= 0.6 is 0 Å². The number of rotatable bonds is 5. The lowest BCUT2D eigenvalue weighted by atomic mass is 9.98. The van der Waals surface area contributed by atoms with Gasteiger partial charge < -0.3 is 15.4 Å². The lowest BCUT2D eigenvalue weighted by Gasteiger charge is -2.17. The third-order valence-corrected chi connectivity index (χ3v) is 4.22. The van der Waals surface area contributed by atoms with Crippen molar-refractivity contribution in [2.24, 2.45) is 17.8 Å². The molecule has 2 N–H and O–H groups in total. The van der Waals surface area contributed by atoms with Crippen LogP contribution in [-0.2, 0) is 4.74 Å². The number of hydrogen-bond acceptors (Lipinski definition) is 2. The zero-order valence-electron chi connectivity index (χ0n) is 10.3. The van der Waals surface area contributed by atoms with E-state index in [1.807, 2.05) is 0 Å². The summed E-state index contributed by atoms with van der Waals surface area (Å²) in [4.78, 5) is 11.7. The van der Waals surface area contributed by atoms with Crippen molar-refractivity contribution in [3.8, 4) is 0 Å². The SMILES string of the molecule is O=C(NCC(C1CC1)C1CC1)NC1CCOC1. The summed E-state index contributed by atoms with van der Waals surface area (Å²) in [5.74, 6) is 2.55. The monoisotopic (exact) mass is 238 g/mol. The molecule has 0 spiro atoms. The van der Waals surface area contributed by atoms with Crippen LogP contribution in [0.5, 0.6) is 0 Å². The molecule has 1 aliphatic heterocycles. The Morgan fingerprint density at radius 3 is 2.41 bits per heavy atom. The molecule has 2 aliphatic carbocycles. The Bertz CT molecular complexity index is 269. The number of hydrogen-bond donors (Lipinski definition) is 2. The standard InChI is InChI=1S/C13H22N2O2/c16-13(15-11-5-6-17-8-11)14-7-12(9-1-2-9)10-3-4-10/h9-12H,1-8H2,(H2,14,15,16). The second-order valence-electron chi connectivity index (χ2n) is 5.75. The van der Waals surface area contributed by atoms with E-state index < -0.39 is 0 Å². The van der Waals surface area contributed by atoms with Crippen molar-refractivity contribution < 1.29 is 9.53 Å². The molecule has 3 fully saturated rings. The third-order valence-electron chi connectivity index (χ3n) is 4.22. The average Bonchev–Trinajstić information content (AvgIpc) is 3.22. The van der Waals surface area contributed by atoms with Crippen LogP contribution in [0.1, 0.15) is 32.1 Å². The topological polar surface area (TPSA) is 50.4 Å². The number of carbonyl (C=O) groups excluding carboxylic acids is 1. The molecule has 0 aromatic carbocycles. The number of amides is 2. The number of urea groups is 1. The van der Waals surface area contributed by atoms with E-state index in [-0.39, 0.29) is 12.1 Å². The van der Waals surface area contributed by atoms with E-state index in [0.29, 0.717) is 6.61 Å². The molecule has 0 radical (unpaired) electrons. The molecular formula is C13H22N2O2. The van der Waals surface area contributed by atoms with Crippen molar-refractivity contribution in [1.29, 1.82) is 0 Å². The Morgan fingerprint density at radius 1 is 1.18 bits per heavy atom. The van der Waals surface area contributed by atoms with Crippen LogP contribution in [0.4, 0.5) is 4.79 Å². The van der Waals surface area contributed by atoms with E-state index >= 15 is 0 Å². The molecule has 0 aromatic heterocycles. The average molecular weight is 238 g/mol. The first-order valence-electron chi connectivity index (χ1n) is 6.95. The van der Waals surface area contributed by atoms with Gasteiger partial charge in [0.05, 0.1) is 12.6 Å². The normalized spacial score (nSPS) is 28.4. The lowest BCUT2D eigenvalue weighted by molar-refractivity contribution is 0.188. The molecule has 0 aromatic rings. The quantitative estimate of drug-likeness (QED) is 0.763. The molecule has 0 bridgehead atoms. The van der Waals surface area contributed by atoms with Crippen molar-refractivity contribution in [3.63, 3.8) is 0 Å². The largest absolute Gasteiger partial charge is 0.379 e. The fraction of sp³-hybridized carbons (Fsp3) is 0.923. The molecule has 17 heavy (non-hydrogen) atoms. The summed E-state index contributed by atoms with van der Waals surface area (Å²) in [5.41, 5.74) is 0. The van der Waals surface area contributed by atoms with Crippen LogP contribution in [0, 0.1) is 17.8 Å². The maximum absolute atomic E-state index is 11.7. The van der Waals surface area contributed by atoms with Gasteiger partial charge in [-0.2, -0.15) is 0 Å². The van der Waals surface area contributed by atoms with E-state index in [1.54, 1.807) is 0 Å². The maximum atomic E-state index is 11.7. The van der Waals surface area contributed by atoms with Crippen LogP contribution < -0.4 is 10.6 Å². The van der Waals surface area contributed by atoms with Crippen LogP contribution in [-0.4, -0.2) is 31.8 Å². The Balaban J connectivity index is 1.38. The molecular weight excluding hydrogens is 216 g/mol. The lowest BCUT2D eigenvalue weighted by Crippen LogP contribution is -2.44. The molecule has 1 atom stereocenters. The van der Waals surface area contributed by atoms with Gasteiger partial charge in [0.15, 0.2) is 0 Å². The van der Waals surface area contributed by atoms with Crippen LogP contribution in [0.25, 0.3) is 0 Å². The second-order valence-corrected chi connectivity index (χ2v) is 5.75. The third kappa shape index (κ3) is 3.12. The molecule has 2 saturated carbocycles. The molecule has 96 valence electrons. The first-order chi connectivity index (χ1) is 8.33. The maximum Gasteiger partial charge on any atom is 0.315 e. The van der Waals surface area contributed by atoms with Gasteiger partial charge in [0.25, 0.3) is 0 Å². The molecule has 4 nitrogen and oxygen atoms in total. The summed E-state index contributed by atoms with van der Waals surface area (Å²) in [6.07, 6.45) is 6.45. The first kappa shape index (κ1) is 11.3. The van der Waals surface area contributed by atoms with E-state index in [9.17, 15) is 4.79 Å². The van der Waals surface area contributed by atoms with E-state index in [4.69, 9.17) is 4.74 Å². The Kier molecular flexibility index (Phi) is 3.23. The smallest absolute Gasteiger partial charge is 0.315 e. The second kappa shape index (κ2) is 4.84. The van der Waals surface area contributed by atoms with Gasteiger partial charge in [0.1, 0.15) is 0 Å². The fourth-order valence-corrected chi connectivity index (χ4v) is 2.86. The highest BCUT2D eigenvalue weighted by Gasteiger charge is 2.41. The Morgan fingerprint density at radius 2 is 1.88 bits per heavy atom. The van der Waals surface area contributed by atoms with Crippen molar-refractivity contribution in [1.82, 2.24) is 10.6 Å². The molecule has 2 amide bonds. The summed E-state index contributed by atoms with van der Waals surface area (Å²) in [5, 5.41) is 6.02. The highest BCUT2D eigenvalue weighted by atomic mass is 16.5. The van der Waals surface area contributed by atoms with Crippen LogP contribution in [0.2, 0.25) is 0 Å². The highest BCUT2D eigenvalue weighted by molar-refractivity contribution is 5.74. The van der Waals surface area contributed by atoms with Gasteiger partial charge in [0.2, 0.25) is 0 Å². The predicted octanol–water partition coefficient (Wildman–Crippen LogP) is 1.51. The zero-order chi connectivity index (χ0) is 11.7. The van der Waals surface area contributed by atoms with E-state index in [0.717, 1.165) is 37.3 Å². The summed E-state index contributed by atoms with van der Waals surface area (Å²) in [7, 11) is 0. The summed E-state index contributed by atoms with van der Waals surface area (Å²) >= 11 is 0. The molecule has 1 saturated heterocycles.